The molecule has 0 saturated carbocycles. The van der Waals surface area contributed by atoms with Crippen LogP contribution in [0.5, 0.6) is 0 Å². The average Bonchev–Trinajstić information content (AvgIpc) is 2.76. The molecule has 1 saturated heterocycles. The lowest BCUT2D eigenvalue weighted by Gasteiger charge is -2.25. The molecule has 0 atom stereocenters. The lowest BCUT2D eigenvalue weighted by Crippen LogP contribution is -2.39. The number of carbonyl (C=O) groups excluding carboxylic acids is 1. The van der Waals surface area contributed by atoms with Gasteiger partial charge < -0.3 is 10.1 Å². The summed E-state index contributed by atoms with van der Waals surface area (Å²) in [7, 11) is 0. The summed E-state index contributed by atoms with van der Waals surface area (Å²) < 4.78 is 43.8. The van der Waals surface area contributed by atoms with Crippen molar-refractivity contribution in [2.75, 3.05) is 44.7 Å². The Hall–Kier alpha value is -2.91. The fourth-order valence-corrected chi connectivity index (χ4v) is 3.18. The highest BCUT2D eigenvalue weighted by atomic mass is 19.4. The highest BCUT2D eigenvalue weighted by Gasteiger charge is 2.30. The minimum atomic E-state index is -4.41. The monoisotopic (exact) mass is 448 g/mol. The number of guanidine groups is 1. The number of carbonyl (C=O) groups is 1. The number of hydrogen-bond donors (Lipinski definition) is 2. The van der Waals surface area contributed by atoms with Gasteiger partial charge in [-0.3, -0.25) is 20.0 Å². The van der Waals surface area contributed by atoms with E-state index >= 15 is 0 Å². The molecule has 2 aromatic rings. The zero-order valence-electron chi connectivity index (χ0n) is 18.1. The predicted octanol–water partition coefficient (Wildman–Crippen LogP) is 3.85. The Morgan fingerprint density at radius 1 is 1.06 bits per heavy atom. The molecular weight excluding hydrogens is 421 g/mol. The van der Waals surface area contributed by atoms with Crippen LogP contribution in [-0.4, -0.2) is 56.2 Å². The molecule has 2 N–H and O–H groups in total. The van der Waals surface area contributed by atoms with Gasteiger partial charge in [0.25, 0.3) is 5.91 Å². The van der Waals surface area contributed by atoms with Crippen molar-refractivity contribution in [3.8, 4) is 0 Å². The minimum Gasteiger partial charge on any atom is -0.379 e. The van der Waals surface area contributed by atoms with Crippen molar-refractivity contribution in [2.24, 2.45) is 4.99 Å². The first-order chi connectivity index (χ1) is 15.2. The van der Waals surface area contributed by atoms with E-state index in [1.54, 1.807) is 12.1 Å². The Balaban J connectivity index is 1.72. The number of hydrogen-bond acceptors (Lipinski definition) is 4. The number of anilines is 1. The Kier molecular flexibility index (Phi) is 7.87. The Morgan fingerprint density at radius 3 is 2.38 bits per heavy atom. The third kappa shape index (κ3) is 6.80. The second kappa shape index (κ2) is 10.6. The number of halogens is 3. The summed E-state index contributed by atoms with van der Waals surface area (Å²) >= 11 is 0. The molecule has 1 aliphatic heterocycles. The highest BCUT2D eigenvalue weighted by molar-refractivity contribution is 6.10. The molecule has 32 heavy (non-hydrogen) atoms. The molecule has 0 aliphatic carbocycles. The summed E-state index contributed by atoms with van der Waals surface area (Å²) in [6.07, 6.45) is -4.41. The molecule has 0 aromatic heterocycles. The predicted molar refractivity (Wildman–Crippen MR) is 118 cm³/mol. The van der Waals surface area contributed by atoms with E-state index < -0.39 is 11.7 Å². The third-order valence-corrected chi connectivity index (χ3v) is 5.27. The van der Waals surface area contributed by atoms with Crippen LogP contribution in [0.1, 0.15) is 27.0 Å². The van der Waals surface area contributed by atoms with Crippen molar-refractivity contribution in [1.29, 1.82) is 0 Å². The minimum absolute atomic E-state index is 0.182. The van der Waals surface area contributed by atoms with E-state index in [1.807, 2.05) is 19.9 Å². The maximum absolute atomic E-state index is 12.8. The van der Waals surface area contributed by atoms with E-state index in [1.165, 1.54) is 12.1 Å². The van der Waals surface area contributed by atoms with E-state index in [0.29, 0.717) is 37.6 Å². The van der Waals surface area contributed by atoms with Crippen LogP contribution in [0.3, 0.4) is 0 Å². The van der Waals surface area contributed by atoms with Crippen LogP contribution < -0.4 is 10.6 Å². The molecule has 2 aromatic carbocycles. The van der Waals surface area contributed by atoms with Crippen LogP contribution in [0.4, 0.5) is 18.9 Å². The number of aryl methyl sites for hydroxylation is 2. The Labute approximate surface area is 185 Å². The highest BCUT2D eigenvalue weighted by Crippen LogP contribution is 2.29. The van der Waals surface area contributed by atoms with Gasteiger partial charge in [-0.1, -0.05) is 6.07 Å². The zero-order chi connectivity index (χ0) is 23.1. The van der Waals surface area contributed by atoms with E-state index in [4.69, 9.17) is 4.74 Å². The number of amides is 1. The first-order valence-electron chi connectivity index (χ1n) is 10.4. The molecule has 0 unspecified atom stereocenters. The fraction of sp³-hybridized carbons (Fsp3) is 0.391. The van der Waals surface area contributed by atoms with Crippen LogP contribution in [0.25, 0.3) is 0 Å². The van der Waals surface area contributed by atoms with Gasteiger partial charge in [0, 0.05) is 30.9 Å². The normalized spacial score (nSPS) is 15.5. The summed E-state index contributed by atoms with van der Waals surface area (Å²) in [6, 6.07) is 9.96. The van der Waals surface area contributed by atoms with Crippen molar-refractivity contribution < 1.29 is 22.7 Å². The van der Waals surface area contributed by atoms with Crippen molar-refractivity contribution in [1.82, 2.24) is 10.2 Å². The quantitative estimate of drug-likeness (QED) is 0.539. The van der Waals surface area contributed by atoms with E-state index in [2.05, 4.69) is 20.5 Å². The molecule has 6 nitrogen and oxygen atoms in total. The molecule has 0 radical (unpaired) electrons. The van der Waals surface area contributed by atoms with Gasteiger partial charge in [0.05, 0.1) is 25.3 Å². The number of rotatable bonds is 5. The Bertz CT molecular complexity index is 953. The summed E-state index contributed by atoms with van der Waals surface area (Å²) in [5, 5.41) is 5.68. The lowest BCUT2D eigenvalue weighted by molar-refractivity contribution is -0.137. The standard InChI is InChI=1S/C23H27F3N4O2/c1-16-3-4-18(15-17(16)2)21(31)29-22(27-9-10-30-11-13-32-14-12-30)28-20-7-5-19(6-8-20)23(24,25)26/h3-8,15H,9-14H2,1-2H3,(H2,27,28,29,31). The SMILES string of the molecule is Cc1ccc(C(=O)NC(=NCCN2CCOCC2)Nc2ccc(C(F)(F)F)cc2)cc1C. The maximum atomic E-state index is 12.8. The number of nitrogens with one attached hydrogen (secondary N) is 2. The molecule has 3 rings (SSSR count). The molecular formula is C23H27F3N4O2. The fourth-order valence-electron chi connectivity index (χ4n) is 3.18. The van der Waals surface area contributed by atoms with Gasteiger partial charge in [-0.2, -0.15) is 13.2 Å². The van der Waals surface area contributed by atoms with Crippen molar-refractivity contribution in [2.45, 2.75) is 20.0 Å². The first kappa shape index (κ1) is 23.7. The summed E-state index contributed by atoms with van der Waals surface area (Å²) in [5.41, 5.74) is 2.18. The molecule has 9 heteroatoms. The number of benzene rings is 2. The number of aliphatic imine (C=N–C) groups is 1. The molecule has 1 fully saturated rings. The van der Waals surface area contributed by atoms with Gasteiger partial charge in [-0.15, -0.1) is 0 Å². The largest absolute Gasteiger partial charge is 0.416 e. The average molecular weight is 448 g/mol. The lowest BCUT2D eigenvalue weighted by atomic mass is 10.1. The van der Waals surface area contributed by atoms with Gasteiger partial charge in [-0.05, 0) is 61.4 Å². The van der Waals surface area contributed by atoms with Gasteiger partial charge in [0.15, 0.2) is 0 Å². The van der Waals surface area contributed by atoms with Gasteiger partial charge in [-0.25, -0.2) is 0 Å². The number of nitrogens with zero attached hydrogens (tertiary/aromatic N) is 2. The molecule has 0 bridgehead atoms. The Morgan fingerprint density at radius 2 is 1.75 bits per heavy atom. The summed E-state index contributed by atoms with van der Waals surface area (Å²) in [5.74, 6) is -0.168. The van der Waals surface area contributed by atoms with Gasteiger partial charge in [0.2, 0.25) is 5.96 Å². The maximum Gasteiger partial charge on any atom is 0.416 e. The second-order valence-electron chi connectivity index (χ2n) is 7.64. The van der Waals surface area contributed by atoms with Crippen molar-refractivity contribution in [3.63, 3.8) is 0 Å². The van der Waals surface area contributed by atoms with E-state index in [-0.39, 0.29) is 11.9 Å². The molecule has 1 heterocycles. The number of ether oxygens (including phenoxy) is 1. The van der Waals surface area contributed by atoms with Crippen LogP contribution in [0.15, 0.2) is 47.5 Å². The van der Waals surface area contributed by atoms with Gasteiger partial charge >= 0.3 is 6.18 Å². The van der Waals surface area contributed by atoms with Gasteiger partial charge in [0.1, 0.15) is 0 Å². The molecule has 172 valence electrons. The summed E-state index contributed by atoms with van der Waals surface area (Å²) in [6.45, 7) is 7.94. The van der Waals surface area contributed by atoms with E-state index in [9.17, 15) is 18.0 Å². The first-order valence-corrected chi connectivity index (χ1v) is 10.4. The zero-order valence-corrected chi connectivity index (χ0v) is 18.1. The number of morpholine rings is 1. The van der Waals surface area contributed by atoms with Crippen molar-refractivity contribution >= 4 is 17.6 Å². The smallest absolute Gasteiger partial charge is 0.379 e. The van der Waals surface area contributed by atoms with Crippen LogP contribution in [0.2, 0.25) is 0 Å². The summed E-state index contributed by atoms with van der Waals surface area (Å²) in [4.78, 5) is 19.4. The molecule has 1 amide bonds. The second-order valence-corrected chi connectivity index (χ2v) is 7.64. The topological polar surface area (TPSA) is 66.0 Å². The molecule has 1 aliphatic rings. The molecule has 0 spiro atoms. The van der Waals surface area contributed by atoms with Crippen LogP contribution in [0, 0.1) is 13.8 Å². The van der Waals surface area contributed by atoms with Crippen molar-refractivity contribution in [3.05, 3.63) is 64.7 Å². The van der Waals surface area contributed by atoms with E-state index in [0.717, 1.165) is 36.3 Å². The number of alkyl halides is 3. The van der Waals surface area contributed by atoms with Crippen LogP contribution >= 0.6 is 0 Å². The third-order valence-electron chi connectivity index (χ3n) is 5.27. The van der Waals surface area contributed by atoms with Crippen LogP contribution in [-0.2, 0) is 10.9 Å².